The summed E-state index contributed by atoms with van der Waals surface area (Å²) in [6.07, 6.45) is 0. The Balaban J connectivity index is 1.78. The van der Waals surface area contributed by atoms with Gasteiger partial charge in [0.2, 0.25) is 0 Å². The lowest BCUT2D eigenvalue weighted by Gasteiger charge is -2.14. The lowest BCUT2D eigenvalue weighted by molar-refractivity contribution is 0.0926. The van der Waals surface area contributed by atoms with Crippen molar-refractivity contribution in [3.63, 3.8) is 0 Å². The Hall–Kier alpha value is -3.14. The summed E-state index contributed by atoms with van der Waals surface area (Å²) >= 11 is 0. The first-order chi connectivity index (χ1) is 11.1. The Morgan fingerprint density at radius 2 is 1.52 bits per heavy atom. The van der Waals surface area contributed by atoms with E-state index in [1.807, 2.05) is 31.2 Å². The average molecular weight is 303 g/mol. The largest absolute Gasteiger partial charge is 0.461 e. The molecule has 4 nitrogen and oxygen atoms in total. The van der Waals surface area contributed by atoms with E-state index in [9.17, 15) is 9.59 Å². The second-order valence-electron chi connectivity index (χ2n) is 5.45. The quantitative estimate of drug-likeness (QED) is 0.671. The van der Waals surface area contributed by atoms with E-state index in [1.165, 1.54) is 4.90 Å². The molecule has 0 atom stereocenters. The second-order valence-corrected chi connectivity index (χ2v) is 5.45. The van der Waals surface area contributed by atoms with Crippen molar-refractivity contribution >= 4 is 17.5 Å². The predicted octanol–water partition coefficient (Wildman–Crippen LogP) is 4.06. The minimum Gasteiger partial charge on any atom is -0.461 e. The highest BCUT2D eigenvalue weighted by atomic mass is 16.3. The van der Waals surface area contributed by atoms with E-state index >= 15 is 0 Å². The molecule has 2 aromatic carbocycles. The molecular weight excluding hydrogens is 290 g/mol. The molecule has 1 aliphatic heterocycles. The first-order valence-electron chi connectivity index (χ1n) is 7.30. The fourth-order valence-corrected chi connectivity index (χ4v) is 2.81. The van der Waals surface area contributed by atoms with Gasteiger partial charge in [-0.15, -0.1) is 0 Å². The number of hydrogen-bond donors (Lipinski definition) is 0. The van der Waals surface area contributed by atoms with Gasteiger partial charge in [-0.05, 0) is 43.3 Å². The first kappa shape index (κ1) is 13.5. The molecule has 0 aliphatic carbocycles. The summed E-state index contributed by atoms with van der Waals surface area (Å²) in [6, 6.07) is 17.9. The molecule has 0 unspecified atom stereocenters. The highest BCUT2D eigenvalue weighted by Gasteiger charge is 2.36. The van der Waals surface area contributed by atoms with E-state index in [-0.39, 0.29) is 11.8 Å². The van der Waals surface area contributed by atoms with Crippen LogP contribution in [0.2, 0.25) is 0 Å². The Kier molecular flexibility index (Phi) is 2.91. The van der Waals surface area contributed by atoms with Gasteiger partial charge in [0, 0.05) is 5.56 Å². The van der Waals surface area contributed by atoms with Crippen LogP contribution in [0.4, 0.5) is 5.69 Å². The number of rotatable bonds is 2. The number of amides is 2. The third-order valence-electron chi connectivity index (χ3n) is 3.92. The molecular formula is C19H13NO3. The van der Waals surface area contributed by atoms with Crippen molar-refractivity contribution in [1.29, 1.82) is 0 Å². The highest BCUT2D eigenvalue weighted by Crippen LogP contribution is 2.31. The molecule has 0 saturated heterocycles. The van der Waals surface area contributed by atoms with E-state index in [2.05, 4.69) is 0 Å². The number of aryl methyl sites for hydroxylation is 1. The minimum absolute atomic E-state index is 0.293. The molecule has 1 aliphatic rings. The number of benzene rings is 2. The van der Waals surface area contributed by atoms with Crippen LogP contribution in [0, 0.1) is 6.92 Å². The molecule has 4 rings (SSSR count). The summed E-state index contributed by atoms with van der Waals surface area (Å²) < 4.78 is 5.61. The van der Waals surface area contributed by atoms with Crippen LogP contribution >= 0.6 is 0 Å². The standard InChI is InChI=1S/C19H13NO3/c1-12-9-10-17(23-12)13-5-4-6-14(11-13)20-18(21)15-7-2-3-8-16(15)19(20)22/h2-11H,1H3. The zero-order chi connectivity index (χ0) is 16.0. The van der Waals surface area contributed by atoms with Gasteiger partial charge in [-0.3, -0.25) is 9.59 Å². The molecule has 2 amide bonds. The normalized spacial score (nSPS) is 13.5. The maximum absolute atomic E-state index is 12.5. The molecule has 0 fully saturated rings. The van der Waals surface area contributed by atoms with Crippen molar-refractivity contribution in [1.82, 2.24) is 0 Å². The molecule has 2 heterocycles. The van der Waals surface area contributed by atoms with E-state index in [0.717, 1.165) is 11.3 Å². The number of anilines is 1. The van der Waals surface area contributed by atoms with Gasteiger partial charge in [0.1, 0.15) is 11.5 Å². The van der Waals surface area contributed by atoms with Crippen LogP contribution < -0.4 is 4.90 Å². The number of imide groups is 1. The Morgan fingerprint density at radius 1 is 0.826 bits per heavy atom. The average Bonchev–Trinajstić information content (AvgIpc) is 3.11. The summed E-state index contributed by atoms with van der Waals surface area (Å²) in [5.74, 6) is 0.934. The minimum atomic E-state index is -0.293. The molecule has 1 aromatic heterocycles. The predicted molar refractivity (Wildman–Crippen MR) is 86.5 cm³/mol. The summed E-state index contributed by atoms with van der Waals surface area (Å²) in [5.41, 5.74) is 2.25. The van der Waals surface area contributed by atoms with Gasteiger partial charge < -0.3 is 4.42 Å². The first-order valence-corrected chi connectivity index (χ1v) is 7.30. The molecule has 112 valence electrons. The van der Waals surface area contributed by atoms with Crippen LogP contribution in [0.25, 0.3) is 11.3 Å². The molecule has 3 aromatic rings. The number of hydrogen-bond acceptors (Lipinski definition) is 3. The fraction of sp³-hybridized carbons (Fsp3) is 0.0526. The van der Waals surface area contributed by atoms with Crippen molar-refractivity contribution < 1.29 is 14.0 Å². The summed E-state index contributed by atoms with van der Waals surface area (Å²) in [6.45, 7) is 1.87. The number of carbonyl (C=O) groups excluding carboxylic acids is 2. The van der Waals surface area contributed by atoms with Crippen molar-refractivity contribution in [2.24, 2.45) is 0 Å². The molecule has 0 bridgehead atoms. The van der Waals surface area contributed by atoms with Crippen LogP contribution in [-0.4, -0.2) is 11.8 Å². The third-order valence-corrected chi connectivity index (χ3v) is 3.92. The lowest BCUT2D eigenvalue weighted by atomic mass is 10.1. The maximum Gasteiger partial charge on any atom is 0.266 e. The lowest BCUT2D eigenvalue weighted by Crippen LogP contribution is -2.29. The number of furan rings is 1. The zero-order valence-corrected chi connectivity index (χ0v) is 12.4. The Morgan fingerprint density at radius 3 is 2.13 bits per heavy atom. The van der Waals surface area contributed by atoms with Gasteiger partial charge in [0.25, 0.3) is 11.8 Å². The molecule has 0 radical (unpaired) electrons. The van der Waals surface area contributed by atoms with Gasteiger partial charge in [0.05, 0.1) is 16.8 Å². The Bertz CT molecular complexity index is 904. The maximum atomic E-state index is 12.5. The fourth-order valence-electron chi connectivity index (χ4n) is 2.81. The van der Waals surface area contributed by atoms with Crippen LogP contribution in [0.5, 0.6) is 0 Å². The van der Waals surface area contributed by atoms with Crippen molar-refractivity contribution in [2.45, 2.75) is 6.92 Å². The van der Waals surface area contributed by atoms with Crippen molar-refractivity contribution in [3.05, 3.63) is 77.6 Å². The van der Waals surface area contributed by atoms with Gasteiger partial charge in [0.15, 0.2) is 0 Å². The van der Waals surface area contributed by atoms with E-state index in [0.29, 0.717) is 22.6 Å². The SMILES string of the molecule is Cc1ccc(-c2cccc(N3C(=O)c4ccccc4C3=O)c2)o1. The second kappa shape index (κ2) is 4.95. The summed E-state index contributed by atoms with van der Waals surface area (Å²) in [5, 5.41) is 0. The van der Waals surface area contributed by atoms with E-state index in [4.69, 9.17) is 4.42 Å². The van der Waals surface area contributed by atoms with Crippen LogP contribution in [0.3, 0.4) is 0 Å². The third kappa shape index (κ3) is 2.07. The van der Waals surface area contributed by atoms with Gasteiger partial charge in [-0.25, -0.2) is 4.90 Å². The van der Waals surface area contributed by atoms with Crippen LogP contribution in [0.1, 0.15) is 26.5 Å². The van der Waals surface area contributed by atoms with Gasteiger partial charge >= 0.3 is 0 Å². The zero-order valence-electron chi connectivity index (χ0n) is 12.4. The van der Waals surface area contributed by atoms with Crippen LogP contribution in [0.15, 0.2) is 65.1 Å². The molecule has 0 spiro atoms. The van der Waals surface area contributed by atoms with E-state index < -0.39 is 0 Å². The van der Waals surface area contributed by atoms with E-state index in [1.54, 1.807) is 36.4 Å². The highest BCUT2D eigenvalue weighted by molar-refractivity contribution is 6.34. The number of fused-ring (bicyclic) bond motifs is 1. The van der Waals surface area contributed by atoms with Crippen molar-refractivity contribution in [3.8, 4) is 11.3 Å². The monoisotopic (exact) mass is 303 g/mol. The smallest absolute Gasteiger partial charge is 0.266 e. The summed E-state index contributed by atoms with van der Waals surface area (Å²) in [4.78, 5) is 26.3. The number of carbonyl (C=O) groups is 2. The molecule has 4 heteroatoms. The van der Waals surface area contributed by atoms with Crippen LogP contribution in [-0.2, 0) is 0 Å². The Labute approximate surface area is 133 Å². The number of nitrogens with zero attached hydrogens (tertiary/aromatic N) is 1. The molecule has 23 heavy (non-hydrogen) atoms. The molecule has 0 N–H and O–H groups in total. The van der Waals surface area contributed by atoms with Gasteiger partial charge in [-0.1, -0.05) is 24.3 Å². The molecule has 0 saturated carbocycles. The van der Waals surface area contributed by atoms with Crippen molar-refractivity contribution in [2.75, 3.05) is 4.90 Å². The summed E-state index contributed by atoms with van der Waals surface area (Å²) in [7, 11) is 0. The van der Waals surface area contributed by atoms with Gasteiger partial charge in [-0.2, -0.15) is 0 Å². The topological polar surface area (TPSA) is 50.5 Å².